The van der Waals surface area contributed by atoms with Crippen LogP contribution < -0.4 is 4.90 Å². The third-order valence-electron chi connectivity index (χ3n) is 3.35. The van der Waals surface area contributed by atoms with Crippen LogP contribution in [0.25, 0.3) is 9.78 Å². The molecule has 0 aliphatic carbocycles. The molecule has 3 rings (SSSR count). The van der Waals surface area contributed by atoms with Gasteiger partial charge in [0.1, 0.15) is 0 Å². The zero-order chi connectivity index (χ0) is 12.8. The fourth-order valence-electron chi connectivity index (χ4n) is 2.28. The van der Waals surface area contributed by atoms with Crippen LogP contribution in [0.1, 0.15) is 38.1 Å². The second kappa shape index (κ2) is 4.32. The standard InChI is InChI=1S/C13H18N4Se/c1-13(2,3)10-8-9-11(18-10)12(15-16-14-9)17-6-4-5-7-17/h8H,4-7H2,1-3H3. The van der Waals surface area contributed by atoms with E-state index in [1.807, 2.05) is 0 Å². The van der Waals surface area contributed by atoms with E-state index in [1.165, 1.54) is 21.5 Å². The summed E-state index contributed by atoms with van der Waals surface area (Å²) in [6.45, 7) is 9.03. The van der Waals surface area contributed by atoms with Crippen LogP contribution in [0.15, 0.2) is 6.07 Å². The molecule has 0 spiro atoms. The van der Waals surface area contributed by atoms with E-state index >= 15 is 0 Å². The minimum absolute atomic E-state index is 0.225. The van der Waals surface area contributed by atoms with Crippen molar-refractivity contribution in [1.82, 2.24) is 15.4 Å². The van der Waals surface area contributed by atoms with Crippen LogP contribution in [0.4, 0.5) is 5.82 Å². The first-order valence-corrected chi connectivity index (χ1v) is 8.15. The topological polar surface area (TPSA) is 41.9 Å². The average Bonchev–Trinajstić information content (AvgIpc) is 2.96. The number of hydrogen-bond acceptors (Lipinski definition) is 4. The number of anilines is 1. The van der Waals surface area contributed by atoms with Crippen LogP contribution in [-0.4, -0.2) is 43.0 Å². The first kappa shape index (κ1) is 12.1. The molecule has 0 saturated carbocycles. The molecule has 96 valence electrons. The van der Waals surface area contributed by atoms with Crippen molar-refractivity contribution in [3.63, 3.8) is 0 Å². The summed E-state index contributed by atoms with van der Waals surface area (Å²) in [7, 11) is 0. The van der Waals surface area contributed by atoms with E-state index in [1.54, 1.807) is 0 Å². The summed E-state index contributed by atoms with van der Waals surface area (Å²) in [4.78, 5) is 2.37. The molecule has 1 aliphatic heterocycles. The van der Waals surface area contributed by atoms with Crippen molar-refractivity contribution in [2.45, 2.75) is 39.0 Å². The molecule has 18 heavy (non-hydrogen) atoms. The summed E-state index contributed by atoms with van der Waals surface area (Å²) < 4.78 is 2.83. The Hall–Kier alpha value is -0.931. The van der Waals surface area contributed by atoms with Gasteiger partial charge in [0.15, 0.2) is 0 Å². The molecule has 0 aromatic carbocycles. The summed E-state index contributed by atoms with van der Waals surface area (Å²) in [6, 6.07) is 2.23. The average molecular weight is 309 g/mol. The van der Waals surface area contributed by atoms with Crippen LogP contribution in [0.3, 0.4) is 0 Å². The van der Waals surface area contributed by atoms with E-state index in [9.17, 15) is 0 Å². The quantitative estimate of drug-likeness (QED) is 0.756. The van der Waals surface area contributed by atoms with Crippen LogP contribution in [0.5, 0.6) is 0 Å². The van der Waals surface area contributed by atoms with Crippen molar-refractivity contribution >= 4 is 30.1 Å². The fourth-order valence-corrected chi connectivity index (χ4v) is 4.72. The van der Waals surface area contributed by atoms with Gasteiger partial charge in [0.25, 0.3) is 0 Å². The number of aromatic nitrogens is 3. The molecule has 0 radical (unpaired) electrons. The van der Waals surface area contributed by atoms with Crippen molar-refractivity contribution < 1.29 is 0 Å². The second-order valence-electron chi connectivity index (χ2n) is 5.88. The van der Waals surface area contributed by atoms with E-state index in [2.05, 4.69) is 47.1 Å². The van der Waals surface area contributed by atoms with Gasteiger partial charge < -0.3 is 0 Å². The molecular weight excluding hydrogens is 291 g/mol. The molecule has 1 aliphatic rings. The molecule has 3 heterocycles. The van der Waals surface area contributed by atoms with Crippen LogP contribution in [0.2, 0.25) is 0 Å². The Morgan fingerprint density at radius 2 is 1.89 bits per heavy atom. The van der Waals surface area contributed by atoms with Gasteiger partial charge in [-0.15, -0.1) is 0 Å². The van der Waals surface area contributed by atoms with Gasteiger partial charge in [-0.05, 0) is 0 Å². The maximum atomic E-state index is 4.30. The molecule has 0 amide bonds. The van der Waals surface area contributed by atoms with Gasteiger partial charge >= 0.3 is 113 Å². The monoisotopic (exact) mass is 310 g/mol. The maximum absolute atomic E-state index is 4.30. The molecule has 2 aromatic rings. The molecule has 0 bridgehead atoms. The van der Waals surface area contributed by atoms with E-state index in [4.69, 9.17) is 0 Å². The van der Waals surface area contributed by atoms with Crippen molar-refractivity contribution in [3.05, 3.63) is 10.5 Å². The Kier molecular flexibility index (Phi) is 2.91. The fraction of sp³-hybridized carbons (Fsp3) is 0.615. The first-order valence-electron chi connectivity index (χ1n) is 6.44. The van der Waals surface area contributed by atoms with Crippen LogP contribution in [0, 0.1) is 0 Å². The number of hydrogen-bond donors (Lipinski definition) is 0. The van der Waals surface area contributed by atoms with Gasteiger partial charge in [-0.3, -0.25) is 0 Å². The third kappa shape index (κ3) is 2.06. The molecule has 1 saturated heterocycles. The predicted octanol–water partition coefficient (Wildman–Crippen LogP) is 1.98. The predicted molar refractivity (Wildman–Crippen MR) is 74.4 cm³/mol. The van der Waals surface area contributed by atoms with Gasteiger partial charge in [-0.25, -0.2) is 0 Å². The molecule has 4 nitrogen and oxygen atoms in total. The van der Waals surface area contributed by atoms with Crippen LogP contribution in [-0.2, 0) is 5.41 Å². The summed E-state index contributed by atoms with van der Waals surface area (Å²) in [5.74, 6) is 1.09. The second-order valence-corrected chi connectivity index (χ2v) is 8.09. The van der Waals surface area contributed by atoms with E-state index in [-0.39, 0.29) is 5.41 Å². The minimum atomic E-state index is 0.225. The Balaban J connectivity index is 2.12. The van der Waals surface area contributed by atoms with E-state index < -0.39 is 0 Å². The van der Waals surface area contributed by atoms with E-state index in [0.717, 1.165) is 24.4 Å². The van der Waals surface area contributed by atoms with Crippen LogP contribution >= 0.6 is 0 Å². The molecule has 0 N–H and O–H groups in total. The number of nitrogens with zero attached hydrogens (tertiary/aromatic N) is 4. The van der Waals surface area contributed by atoms with Gasteiger partial charge in [0, 0.05) is 0 Å². The first-order chi connectivity index (χ1) is 8.55. The Morgan fingerprint density at radius 1 is 1.17 bits per heavy atom. The van der Waals surface area contributed by atoms with Crippen molar-refractivity contribution in [3.8, 4) is 0 Å². The van der Waals surface area contributed by atoms with E-state index in [0.29, 0.717) is 14.5 Å². The Morgan fingerprint density at radius 3 is 2.56 bits per heavy atom. The molecular formula is C13H18N4Se. The number of rotatable bonds is 1. The molecule has 0 atom stereocenters. The zero-order valence-corrected chi connectivity index (χ0v) is 12.8. The number of fused-ring (bicyclic) bond motifs is 1. The molecule has 1 fully saturated rings. The van der Waals surface area contributed by atoms with Crippen molar-refractivity contribution in [2.75, 3.05) is 18.0 Å². The van der Waals surface area contributed by atoms with Gasteiger partial charge in [-0.2, -0.15) is 0 Å². The van der Waals surface area contributed by atoms with Gasteiger partial charge in [0.2, 0.25) is 0 Å². The molecule has 5 heteroatoms. The summed E-state index contributed by atoms with van der Waals surface area (Å²) in [5, 5.41) is 12.4. The normalized spacial score (nSPS) is 16.7. The van der Waals surface area contributed by atoms with Crippen molar-refractivity contribution in [1.29, 1.82) is 0 Å². The summed E-state index contributed by atoms with van der Waals surface area (Å²) in [6.07, 6.45) is 2.54. The SMILES string of the molecule is CC(C)(C)c1cc2nnnc(N3CCCC3)c2[se]1. The van der Waals surface area contributed by atoms with Gasteiger partial charge in [0.05, 0.1) is 0 Å². The Labute approximate surface area is 113 Å². The summed E-state index contributed by atoms with van der Waals surface area (Å²) >= 11 is 0.356. The molecule has 2 aromatic heterocycles. The van der Waals surface area contributed by atoms with Gasteiger partial charge in [-0.1, -0.05) is 0 Å². The molecule has 0 unspecified atom stereocenters. The Bertz CT molecular complexity index is 564. The van der Waals surface area contributed by atoms with Crippen molar-refractivity contribution in [2.24, 2.45) is 0 Å². The summed E-state index contributed by atoms with van der Waals surface area (Å²) in [5.41, 5.74) is 1.28. The zero-order valence-electron chi connectivity index (χ0n) is 11.1. The third-order valence-corrected chi connectivity index (χ3v) is 6.60.